The number of halogens is 8. The van der Waals surface area contributed by atoms with Crippen molar-refractivity contribution < 1.29 is 40.3 Å². The van der Waals surface area contributed by atoms with Gasteiger partial charge in [-0.1, -0.05) is 31.5 Å². The molecule has 2 rings (SSSR count). The minimum Gasteiger partial charge on any atom is -0.397 e. The summed E-state index contributed by atoms with van der Waals surface area (Å²) in [5.41, 5.74) is -3.16. The van der Waals surface area contributed by atoms with E-state index in [0.29, 0.717) is 18.2 Å². The molecule has 1 aromatic carbocycles. The van der Waals surface area contributed by atoms with E-state index >= 15 is 0 Å². The second kappa shape index (κ2) is 6.68. The number of rotatable bonds is 4. The summed E-state index contributed by atoms with van der Waals surface area (Å²) >= 11 is 5.12. The molecule has 1 saturated carbocycles. The topological polar surface area (TPSA) is 26.3 Å². The largest absolute Gasteiger partial charge is 0.431 e. The molecule has 0 aromatic heterocycles. The molecule has 2 atom stereocenters. The molecule has 10 heteroatoms. The Morgan fingerprint density at radius 1 is 1.19 bits per heavy atom. The van der Waals surface area contributed by atoms with E-state index in [-0.39, 0.29) is 0 Å². The first-order valence-electron chi connectivity index (χ1n) is 7.61. The van der Waals surface area contributed by atoms with Crippen LogP contribution < -0.4 is 0 Å². The number of alkyl halides is 5. The van der Waals surface area contributed by atoms with Crippen LogP contribution in [0.25, 0.3) is 0 Å². The van der Waals surface area contributed by atoms with Crippen molar-refractivity contribution in [2.75, 3.05) is 0 Å². The first-order valence-corrected chi connectivity index (χ1v) is 7.98. The summed E-state index contributed by atoms with van der Waals surface area (Å²) in [7, 11) is 0. The van der Waals surface area contributed by atoms with Gasteiger partial charge in [-0.3, -0.25) is 4.79 Å². The van der Waals surface area contributed by atoms with Gasteiger partial charge in [-0.2, -0.15) is 22.0 Å². The molecule has 0 bridgehead atoms. The highest BCUT2D eigenvalue weighted by Crippen LogP contribution is 2.61. The van der Waals surface area contributed by atoms with Crippen molar-refractivity contribution >= 4 is 17.6 Å². The Balaban J connectivity index is 2.23. The van der Waals surface area contributed by atoms with Crippen molar-refractivity contribution in [3.63, 3.8) is 0 Å². The monoisotopic (exact) mass is 418 g/mol. The van der Waals surface area contributed by atoms with Crippen molar-refractivity contribution in [2.45, 2.75) is 33.1 Å². The average Bonchev–Trinajstić information content (AvgIpc) is 3.04. The van der Waals surface area contributed by atoms with Crippen molar-refractivity contribution in [3.05, 3.63) is 46.0 Å². The van der Waals surface area contributed by atoms with Gasteiger partial charge in [0.15, 0.2) is 0 Å². The van der Waals surface area contributed by atoms with Crippen molar-refractivity contribution in [3.8, 4) is 0 Å². The van der Waals surface area contributed by atoms with Gasteiger partial charge in [-0.05, 0) is 30.4 Å². The highest BCUT2D eigenvalue weighted by Gasteiger charge is 2.63. The summed E-state index contributed by atoms with van der Waals surface area (Å²) < 4.78 is 97.1. The van der Waals surface area contributed by atoms with Crippen LogP contribution in [0.3, 0.4) is 0 Å². The van der Waals surface area contributed by atoms with E-state index in [0.717, 1.165) is 6.92 Å². The number of ether oxygens (including phenoxy) is 1. The maximum absolute atomic E-state index is 14.2. The quantitative estimate of drug-likeness (QED) is 0.455. The lowest BCUT2D eigenvalue weighted by Crippen LogP contribution is -2.26. The van der Waals surface area contributed by atoms with Gasteiger partial charge in [-0.15, -0.1) is 0 Å². The molecule has 0 radical (unpaired) electrons. The maximum Gasteiger partial charge on any atom is 0.431 e. The summed E-state index contributed by atoms with van der Waals surface area (Å²) in [5, 5.41) is -1.48. The van der Waals surface area contributed by atoms with E-state index < -0.39 is 63.3 Å². The summed E-state index contributed by atoms with van der Waals surface area (Å²) in [6.07, 6.45) is -8.71. The average molecular weight is 419 g/mol. The van der Waals surface area contributed by atoms with Crippen LogP contribution in [-0.2, 0) is 15.6 Å². The SMILES string of the molecule is Cc1c(F)ccc(C(F)(F)OC(=O)C2C(C=C(Cl)C(F)(F)F)C2(C)C)c1F. The van der Waals surface area contributed by atoms with Gasteiger partial charge in [0.05, 0.1) is 5.92 Å². The summed E-state index contributed by atoms with van der Waals surface area (Å²) in [6.45, 7) is 3.68. The fourth-order valence-corrected chi connectivity index (χ4v) is 2.96. The third-order valence-corrected chi connectivity index (χ3v) is 4.96. The van der Waals surface area contributed by atoms with E-state index in [2.05, 4.69) is 4.74 Å². The Morgan fingerprint density at radius 3 is 2.26 bits per heavy atom. The van der Waals surface area contributed by atoms with Gasteiger partial charge >= 0.3 is 18.3 Å². The zero-order valence-corrected chi connectivity index (χ0v) is 15.0. The Morgan fingerprint density at radius 2 is 1.74 bits per heavy atom. The minimum absolute atomic E-state index is 0.431. The number of carbonyl (C=O) groups is 1. The van der Waals surface area contributed by atoms with Crippen molar-refractivity contribution in [2.24, 2.45) is 17.3 Å². The molecule has 0 heterocycles. The van der Waals surface area contributed by atoms with Gasteiger partial charge in [0.2, 0.25) is 0 Å². The summed E-state index contributed by atoms with van der Waals surface area (Å²) in [6, 6.07) is 1.02. The molecule has 1 aliphatic rings. The van der Waals surface area contributed by atoms with Crippen molar-refractivity contribution in [1.82, 2.24) is 0 Å². The van der Waals surface area contributed by atoms with Gasteiger partial charge < -0.3 is 4.74 Å². The zero-order chi connectivity index (χ0) is 20.9. The molecule has 27 heavy (non-hydrogen) atoms. The predicted molar refractivity (Wildman–Crippen MR) is 81.8 cm³/mol. The van der Waals surface area contributed by atoms with Crippen LogP contribution in [0.1, 0.15) is 25.0 Å². The molecule has 2 nitrogen and oxygen atoms in total. The lowest BCUT2D eigenvalue weighted by Gasteiger charge is -2.19. The number of allylic oxidation sites excluding steroid dienone is 2. The fraction of sp³-hybridized carbons (Fsp3) is 0.471. The Kier molecular flexibility index (Phi) is 5.33. The smallest absolute Gasteiger partial charge is 0.397 e. The van der Waals surface area contributed by atoms with E-state index in [1.807, 2.05) is 0 Å². The predicted octanol–water partition coefficient (Wildman–Crippen LogP) is 5.82. The number of carbonyl (C=O) groups excluding carboxylic acids is 1. The third kappa shape index (κ3) is 4.07. The van der Waals surface area contributed by atoms with Gasteiger partial charge in [0, 0.05) is 5.56 Å². The lowest BCUT2D eigenvalue weighted by atomic mass is 10.1. The van der Waals surface area contributed by atoms with Gasteiger partial charge in [-0.25, -0.2) is 8.78 Å². The van der Waals surface area contributed by atoms with E-state index in [9.17, 15) is 35.5 Å². The second-order valence-corrected chi connectivity index (χ2v) is 7.22. The normalized spacial score (nSPS) is 22.6. The highest BCUT2D eigenvalue weighted by molar-refractivity contribution is 6.30. The molecule has 2 unspecified atom stereocenters. The molecule has 0 spiro atoms. The van der Waals surface area contributed by atoms with Crippen LogP contribution in [0.2, 0.25) is 0 Å². The third-order valence-electron chi connectivity index (χ3n) is 4.62. The minimum atomic E-state index is -4.84. The zero-order valence-electron chi connectivity index (χ0n) is 14.2. The van der Waals surface area contributed by atoms with Gasteiger partial charge in [0.25, 0.3) is 0 Å². The maximum atomic E-state index is 14.2. The number of esters is 1. The molecule has 1 fully saturated rings. The number of benzene rings is 1. The molecule has 0 saturated heterocycles. The Bertz CT molecular complexity index is 799. The fourth-order valence-electron chi connectivity index (χ4n) is 2.82. The molecular weight excluding hydrogens is 405 g/mol. The lowest BCUT2D eigenvalue weighted by molar-refractivity contribution is -0.243. The van der Waals surface area contributed by atoms with Crippen LogP contribution >= 0.6 is 11.6 Å². The van der Waals surface area contributed by atoms with E-state index in [1.54, 1.807) is 0 Å². The molecular formula is C17H14ClF7O2. The molecule has 1 aliphatic carbocycles. The van der Waals surface area contributed by atoms with E-state index in [1.165, 1.54) is 13.8 Å². The highest BCUT2D eigenvalue weighted by atomic mass is 35.5. The first kappa shape index (κ1) is 21.5. The van der Waals surface area contributed by atoms with Crippen LogP contribution in [0, 0.1) is 35.8 Å². The number of hydrogen-bond acceptors (Lipinski definition) is 2. The molecule has 0 amide bonds. The van der Waals surface area contributed by atoms with Crippen molar-refractivity contribution in [1.29, 1.82) is 0 Å². The van der Waals surface area contributed by atoms with Crippen LogP contribution in [0.15, 0.2) is 23.2 Å². The van der Waals surface area contributed by atoms with Crippen LogP contribution in [0.5, 0.6) is 0 Å². The molecule has 150 valence electrons. The van der Waals surface area contributed by atoms with Gasteiger partial charge in [0.1, 0.15) is 22.2 Å². The van der Waals surface area contributed by atoms with Crippen LogP contribution in [0.4, 0.5) is 30.7 Å². The second-order valence-electron chi connectivity index (χ2n) is 6.81. The summed E-state index contributed by atoms with van der Waals surface area (Å²) in [5.74, 6) is -6.58. The Labute approximate surface area is 154 Å². The summed E-state index contributed by atoms with van der Waals surface area (Å²) in [4.78, 5) is 12.1. The number of hydrogen-bond donors (Lipinski definition) is 0. The molecule has 1 aromatic rings. The Hall–Kier alpha value is -1.77. The molecule has 0 aliphatic heterocycles. The first-order chi connectivity index (χ1) is 12.1. The standard InChI is InChI=1S/C17H14ClF7O2/c1-7-10(19)5-4-8(13(7)20)17(24,25)27-14(26)12-9(15(12,2)3)6-11(18)16(21,22)23/h4-6,9,12H,1-3H3. The molecule has 0 N–H and O–H groups in total. The van der Waals surface area contributed by atoms with Crippen LogP contribution in [-0.4, -0.2) is 12.1 Å². The van der Waals surface area contributed by atoms with E-state index in [4.69, 9.17) is 11.6 Å².